The Labute approximate surface area is 253 Å². The molecular weight excluding hydrogens is 354 g/mol. The molecule has 0 saturated carbocycles. The zero-order valence-electron chi connectivity index (χ0n) is 13.9. The van der Waals surface area contributed by atoms with Crippen molar-refractivity contribution in [3.05, 3.63) is 0 Å². The summed E-state index contributed by atoms with van der Waals surface area (Å²) in [6, 6.07) is 0. The maximum Gasteiger partial charge on any atom is 1.00 e. The van der Waals surface area contributed by atoms with Crippen LogP contribution in [0.25, 0.3) is 0 Å². The molecule has 0 unspecified atom stereocenters. The minimum atomic E-state index is -5.00. The summed E-state index contributed by atoms with van der Waals surface area (Å²) < 4.78 is 4.17. The Bertz CT molecular complexity index is 171. The molecule has 0 aliphatic heterocycles. The van der Waals surface area contributed by atoms with E-state index in [-0.39, 0.29) is 161 Å². The molecule has 0 radical (unpaired) electrons. The average molecular weight is 379 g/mol. The molecule has 0 aliphatic carbocycles. The Balaban J connectivity index is -0.000000427. The summed E-state index contributed by atoms with van der Waals surface area (Å²) >= 11 is 0. The number of unbranched alkanes of at least 4 members (excludes halogenated alkanes) is 9. The first-order valence-electron chi connectivity index (χ1n) is 6.81. The molecule has 0 bridgehead atoms. The van der Waals surface area contributed by atoms with Crippen molar-refractivity contribution in [3.63, 3.8) is 0 Å². The maximum atomic E-state index is 10.2. The molecule has 0 fully saturated rings. The second-order valence-corrected chi connectivity index (χ2v) is 5.82. The first kappa shape index (κ1) is 32.6. The van der Waals surface area contributed by atoms with E-state index in [0.717, 1.165) is 12.8 Å². The molecule has 0 heterocycles. The first-order chi connectivity index (χ1) is 8.06. The molecule has 8 heteroatoms. The third kappa shape index (κ3) is 30.8. The minimum Gasteiger partial charge on any atom is -0.861 e. The van der Waals surface area contributed by atoms with Crippen LogP contribution < -0.4 is 169 Å². The van der Waals surface area contributed by atoms with Crippen molar-refractivity contribution in [2.24, 2.45) is 0 Å². The van der Waals surface area contributed by atoms with Gasteiger partial charge < -0.3 is 18.8 Å². The Morgan fingerprint density at radius 3 is 1.35 bits per heavy atom. The van der Waals surface area contributed by atoms with Crippen LogP contribution in [0.3, 0.4) is 0 Å². The van der Waals surface area contributed by atoms with E-state index >= 15 is 0 Å². The Morgan fingerprint density at radius 1 is 0.650 bits per heavy atom. The monoisotopic (exact) mass is 378 g/mol. The fraction of sp³-hybridized carbons (Fsp3) is 1.00. The number of hydrogen-bond donors (Lipinski definition) is 0. The van der Waals surface area contributed by atoms with Crippen LogP contribution in [0.1, 0.15) is 71.1 Å². The van der Waals surface area contributed by atoms with Crippen molar-refractivity contribution in [3.8, 4) is 0 Å². The zero-order chi connectivity index (χ0) is 13.0. The summed E-state index contributed by atoms with van der Waals surface area (Å²) in [5.74, 6) is 0. The Kier molecular flexibility index (Phi) is 39.1. The van der Waals surface area contributed by atoms with Gasteiger partial charge in [-0.25, -0.2) is 0 Å². The van der Waals surface area contributed by atoms with Gasteiger partial charge in [-0.2, -0.15) is 0 Å². The molecule has 0 rings (SSSR count). The molecule has 0 amide bonds. The van der Waals surface area contributed by atoms with Crippen LogP contribution in [-0.4, -0.2) is 15.7 Å². The SMILES string of the molecule is CCCCCCCCCCCCO[Si]([O-])([O-])[O-].[K+].[K+].[K+]. The molecule has 104 valence electrons. The van der Waals surface area contributed by atoms with E-state index in [2.05, 4.69) is 11.3 Å². The Morgan fingerprint density at radius 2 is 1.00 bits per heavy atom. The van der Waals surface area contributed by atoms with Crippen LogP contribution in [0.2, 0.25) is 0 Å². The second-order valence-electron chi connectivity index (χ2n) is 4.53. The van der Waals surface area contributed by atoms with E-state index in [4.69, 9.17) is 0 Å². The van der Waals surface area contributed by atoms with Crippen molar-refractivity contribution in [2.45, 2.75) is 71.1 Å². The van der Waals surface area contributed by atoms with E-state index in [0.29, 0.717) is 6.42 Å². The smallest absolute Gasteiger partial charge is 0.861 e. The molecule has 0 N–H and O–H groups in total. The van der Waals surface area contributed by atoms with Crippen molar-refractivity contribution in [1.82, 2.24) is 0 Å². The van der Waals surface area contributed by atoms with Crippen LogP contribution in [0.15, 0.2) is 0 Å². The standard InChI is InChI=1S/C12H25O4Si.3K/c1-2-3-4-5-6-7-8-9-10-11-12-16-17(13,14)15;;;/h2-12H2,1H3;;;/q-3;3*+1. The summed E-state index contributed by atoms with van der Waals surface area (Å²) in [5, 5.41) is 0. The van der Waals surface area contributed by atoms with Crippen molar-refractivity contribution in [2.75, 3.05) is 6.61 Å². The van der Waals surface area contributed by atoms with E-state index in [1.54, 1.807) is 0 Å². The van der Waals surface area contributed by atoms with E-state index in [9.17, 15) is 14.4 Å². The van der Waals surface area contributed by atoms with Crippen molar-refractivity contribution < 1.29 is 173 Å². The molecule has 0 aliphatic rings. The van der Waals surface area contributed by atoms with Gasteiger partial charge in [-0.3, -0.25) is 0 Å². The summed E-state index contributed by atoms with van der Waals surface area (Å²) in [6.45, 7) is 2.27. The van der Waals surface area contributed by atoms with Crippen LogP contribution in [0.4, 0.5) is 0 Å². The number of hydrogen-bond acceptors (Lipinski definition) is 4. The molecule has 0 spiro atoms. The summed E-state index contributed by atoms with van der Waals surface area (Å²) in [7, 11) is -5.00. The van der Waals surface area contributed by atoms with E-state index < -0.39 is 9.05 Å². The van der Waals surface area contributed by atoms with Gasteiger partial charge in [0.2, 0.25) is 0 Å². The third-order valence-corrected chi connectivity index (χ3v) is 3.33. The van der Waals surface area contributed by atoms with Gasteiger partial charge in [0.15, 0.2) is 0 Å². The van der Waals surface area contributed by atoms with Gasteiger partial charge >= 0.3 is 154 Å². The largest absolute Gasteiger partial charge is 1.00 e. The Hall–Kier alpha value is 4.97. The normalized spacial score (nSPS) is 10.2. The van der Waals surface area contributed by atoms with Gasteiger partial charge in [0.1, 0.15) is 0 Å². The molecular formula is C12H25K3O4Si. The third-order valence-electron chi connectivity index (χ3n) is 2.78. The van der Waals surface area contributed by atoms with E-state index in [1.807, 2.05) is 0 Å². The molecule has 0 aromatic rings. The minimum absolute atomic E-state index is 0. The molecule has 0 aromatic heterocycles. The molecule has 0 saturated heterocycles. The fourth-order valence-corrected chi connectivity index (χ4v) is 2.18. The zero-order valence-corrected chi connectivity index (χ0v) is 24.3. The van der Waals surface area contributed by atoms with Gasteiger partial charge in [0.05, 0.1) is 0 Å². The summed E-state index contributed by atoms with van der Waals surface area (Å²) in [6.07, 6.45) is 11.7. The van der Waals surface area contributed by atoms with E-state index in [1.165, 1.54) is 44.9 Å². The van der Waals surface area contributed by atoms with Gasteiger partial charge in [-0.15, -0.1) is 9.05 Å². The predicted molar refractivity (Wildman–Crippen MR) is 63.6 cm³/mol. The van der Waals surface area contributed by atoms with Crippen LogP contribution >= 0.6 is 0 Å². The molecule has 4 nitrogen and oxygen atoms in total. The van der Waals surface area contributed by atoms with Gasteiger partial charge in [0, 0.05) is 6.61 Å². The van der Waals surface area contributed by atoms with Crippen LogP contribution in [0, 0.1) is 0 Å². The first-order valence-corrected chi connectivity index (χ1v) is 8.45. The van der Waals surface area contributed by atoms with Crippen LogP contribution in [-0.2, 0) is 4.43 Å². The summed E-state index contributed by atoms with van der Waals surface area (Å²) in [5.41, 5.74) is 0. The topological polar surface area (TPSA) is 78.4 Å². The fourth-order valence-electron chi connectivity index (χ4n) is 1.79. The second kappa shape index (κ2) is 24.0. The maximum absolute atomic E-state index is 10.2. The molecule has 0 atom stereocenters. The van der Waals surface area contributed by atoms with Crippen molar-refractivity contribution >= 4 is 9.05 Å². The van der Waals surface area contributed by atoms with Crippen molar-refractivity contribution in [1.29, 1.82) is 0 Å². The summed E-state index contributed by atoms with van der Waals surface area (Å²) in [4.78, 5) is 30.5. The average Bonchev–Trinajstić information content (AvgIpc) is 2.24. The molecule has 0 aromatic carbocycles. The number of rotatable bonds is 12. The quantitative estimate of drug-likeness (QED) is 0.250. The molecule has 20 heavy (non-hydrogen) atoms. The van der Waals surface area contributed by atoms with Gasteiger partial charge in [-0.05, 0) is 6.42 Å². The predicted octanol–water partition coefficient (Wildman–Crippen LogP) is -8.55. The van der Waals surface area contributed by atoms with Crippen LogP contribution in [0.5, 0.6) is 0 Å². The van der Waals surface area contributed by atoms with Gasteiger partial charge in [-0.1, -0.05) is 64.7 Å². The van der Waals surface area contributed by atoms with Gasteiger partial charge in [0.25, 0.3) is 0 Å².